The zero-order chi connectivity index (χ0) is 35.3. The van der Waals surface area contributed by atoms with Crippen LogP contribution < -0.4 is 15.1 Å². The van der Waals surface area contributed by atoms with Crippen LogP contribution in [0.3, 0.4) is 0 Å². The Kier molecular flexibility index (Phi) is 9.48. The van der Waals surface area contributed by atoms with Gasteiger partial charge in [-0.2, -0.15) is 4.98 Å². The molecule has 0 spiro atoms. The summed E-state index contributed by atoms with van der Waals surface area (Å²) < 4.78 is 45.4. The quantitative estimate of drug-likeness (QED) is 0.278. The molecular weight excluding hydrogens is 658 g/mol. The molecule has 4 aliphatic rings. The number of likely N-dealkylation sites (tertiary alicyclic amines) is 1. The number of rotatable bonds is 9. The standard InChI is InChI=1S/C37H48FN7O4S/c1-6-35(46)44-15-8-10-28(44)24-17-30(45-20-26-29(45)9-7-11-32(26)50(5,47)48)25-19-40-34(18-23(25)36(24)22(2)3)41-33-12-14-39-37(42-33)43-16-13-31(49-4)27(38)21-43/h6,12,14,17-19,22,26-29,31-32H,1,7-11,13,15-16,20-21H2,2-5H3,(H,39,40,41,42)/t26-,27-,28+,29+,31+,32-/m0/s1. The lowest BCUT2D eigenvalue weighted by Crippen LogP contribution is -2.63. The number of hydrogen-bond donors (Lipinski definition) is 1. The number of anilines is 4. The van der Waals surface area contributed by atoms with Crippen LogP contribution >= 0.6 is 0 Å². The molecule has 13 heteroatoms. The summed E-state index contributed by atoms with van der Waals surface area (Å²) in [6.45, 7) is 10.2. The van der Waals surface area contributed by atoms with E-state index in [1.165, 1.54) is 19.4 Å². The van der Waals surface area contributed by atoms with Crippen LogP contribution in [-0.4, -0.2) is 97.3 Å². The number of pyridine rings is 1. The Morgan fingerprint density at radius 3 is 2.62 bits per heavy atom. The smallest absolute Gasteiger partial charge is 0.246 e. The van der Waals surface area contributed by atoms with Crippen molar-refractivity contribution in [3.63, 3.8) is 0 Å². The summed E-state index contributed by atoms with van der Waals surface area (Å²) in [4.78, 5) is 33.2. The number of hydrogen-bond acceptors (Lipinski definition) is 10. The monoisotopic (exact) mass is 705 g/mol. The molecule has 3 aliphatic heterocycles. The lowest BCUT2D eigenvalue weighted by atomic mass is 9.75. The lowest BCUT2D eigenvalue weighted by molar-refractivity contribution is -0.126. The average molecular weight is 706 g/mol. The van der Waals surface area contributed by atoms with Crippen LogP contribution in [0.5, 0.6) is 0 Å². The predicted octanol–water partition coefficient (Wildman–Crippen LogP) is 5.71. The van der Waals surface area contributed by atoms with Gasteiger partial charge in [-0.1, -0.05) is 26.8 Å². The van der Waals surface area contributed by atoms with Gasteiger partial charge in [0.05, 0.1) is 23.9 Å². The summed E-state index contributed by atoms with van der Waals surface area (Å²) in [5.74, 6) is 1.77. The minimum atomic E-state index is -3.15. The van der Waals surface area contributed by atoms with Crippen LogP contribution in [0.1, 0.15) is 75.5 Å². The summed E-state index contributed by atoms with van der Waals surface area (Å²) in [7, 11) is -1.62. The van der Waals surface area contributed by atoms with Gasteiger partial charge in [0.15, 0.2) is 9.84 Å². The molecule has 7 rings (SSSR count). The van der Waals surface area contributed by atoms with Crippen LogP contribution in [-0.2, 0) is 19.4 Å². The molecule has 50 heavy (non-hydrogen) atoms. The second kappa shape index (κ2) is 13.7. The summed E-state index contributed by atoms with van der Waals surface area (Å²) in [6.07, 6.45) is 9.64. The minimum absolute atomic E-state index is 0.0710. The molecule has 0 unspecified atom stereocenters. The van der Waals surface area contributed by atoms with Crippen LogP contribution in [0.4, 0.5) is 27.7 Å². The van der Waals surface area contributed by atoms with Crippen molar-refractivity contribution in [3.05, 3.63) is 54.4 Å². The molecule has 3 aromatic rings. The first-order chi connectivity index (χ1) is 24.0. The third-order valence-corrected chi connectivity index (χ3v) is 13.0. The van der Waals surface area contributed by atoms with E-state index >= 15 is 0 Å². The molecule has 1 amide bonds. The first kappa shape index (κ1) is 34.6. The van der Waals surface area contributed by atoms with E-state index in [1.54, 1.807) is 12.3 Å². The molecule has 4 fully saturated rings. The molecule has 5 heterocycles. The maximum absolute atomic E-state index is 14.7. The van der Waals surface area contributed by atoms with Crippen LogP contribution in [0.2, 0.25) is 0 Å². The van der Waals surface area contributed by atoms with Gasteiger partial charge in [0.1, 0.15) is 17.8 Å². The van der Waals surface area contributed by atoms with Gasteiger partial charge in [0.2, 0.25) is 11.9 Å². The maximum atomic E-state index is 14.7. The second-order valence-corrected chi connectivity index (χ2v) is 16.9. The largest absolute Gasteiger partial charge is 0.378 e. The van der Waals surface area contributed by atoms with Gasteiger partial charge < -0.3 is 24.8 Å². The molecule has 1 N–H and O–H groups in total. The Labute approximate surface area is 294 Å². The maximum Gasteiger partial charge on any atom is 0.246 e. The number of aromatic nitrogens is 3. The number of carbonyl (C=O) groups excluding carboxylic acids is 1. The number of carbonyl (C=O) groups is 1. The van der Waals surface area contributed by atoms with Crippen molar-refractivity contribution in [1.29, 1.82) is 0 Å². The predicted molar refractivity (Wildman–Crippen MR) is 195 cm³/mol. The van der Waals surface area contributed by atoms with Gasteiger partial charge in [-0.15, -0.1) is 0 Å². The number of ether oxygens (including phenoxy) is 1. The highest BCUT2D eigenvalue weighted by Crippen LogP contribution is 2.49. The Morgan fingerprint density at radius 1 is 1.08 bits per heavy atom. The number of sulfone groups is 1. The highest BCUT2D eigenvalue weighted by molar-refractivity contribution is 7.91. The number of nitrogens with zero attached hydrogens (tertiary/aromatic N) is 6. The van der Waals surface area contributed by atoms with Crippen molar-refractivity contribution in [2.45, 2.75) is 87.9 Å². The number of methoxy groups -OCH3 is 1. The molecule has 1 saturated carbocycles. The topological polar surface area (TPSA) is 121 Å². The van der Waals surface area contributed by atoms with Crippen LogP contribution in [0, 0.1) is 5.92 Å². The molecule has 11 nitrogen and oxygen atoms in total. The van der Waals surface area contributed by atoms with Gasteiger partial charge in [-0.3, -0.25) is 4.79 Å². The third-order valence-electron chi connectivity index (χ3n) is 11.3. The van der Waals surface area contributed by atoms with Crippen molar-refractivity contribution < 1.29 is 22.3 Å². The molecule has 3 saturated heterocycles. The summed E-state index contributed by atoms with van der Waals surface area (Å²) in [6, 6.07) is 6.13. The Morgan fingerprint density at radius 2 is 1.90 bits per heavy atom. The van der Waals surface area contributed by atoms with E-state index in [2.05, 4.69) is 47.8 Å². The van der Waals surface area contributed by atoms with Gasteiger partial charge in [-0.05, 0) is 78.8 Å². The van der Waals surface area contributed by atoms with Gasteiger partial charge in [0, 0.05) is 68.4 Å². The highest BCUT2D eigenvalue weighted by atomic mass is 32.2. The van der Waals surface area contributed by atoms with Crippen LogP contribution in [0.15, 0.2) is 43.2 Å². The fourth-order valence-corrected chi connectivity index (χ4v) is 10.4. The summed E-state index contributed by atoms with van der Waals surface area (Å²) >= 11 is 0. The molecule has 0 bridgehead atoms. The molecule has 1 aromatic carbocycles. The molecule has 2 aromatic heterocycles. The number of alkyl halides is 1. The molecule has 1 aliphatic carbocycles. The number of piperidine rings is 1. The van der Waals surface area contributed by atoms with Crippen molar-refractivity contribution in [1.82, 2.24) is 19.9 Å². The number of fused-ring (bicyclic) bond motifs is 2. The van der Waals surface area contributed by atoms with E-state index in [9.17, 15) is 17.6 Å². The summed E-state index contributed by atoms with van der Waals surface area (Å²) in [5.41, 5.74) is 3.32. The van der Waals surface area contributed by atoms with E-state index in [1.807, 2.05) is 16.0 Å². The average Bonchev–Trinajstić information content (AvgIpc) is 3.57. The second-order valence-electron chi connectivity index (χ2n) is 14.6. The lowest BCUT2D eigenvalue weighted by Gasteiger charge is -2.55. The zero-order valence-corrected chi connectivity index (χ0v) is 30.2. The van der Waals surface area contributed by atoms with E-state index < -0.39 is 22.1 Å². The normalized spacial score (nSPS) is 27.0. The van der Waals surface area contributed by atoms with Crippen LogP contribution in [0.25, 0.3) is 10.8 Å². The van der Waals surface area contributed by atoms with E-state index in [4.69, 9.17) is 14.7 Å². The number of nitrogens with one attached hydrogen (secondary N) is 1. The molecular formula is C37H48FN7O4S. The minimum Gasteiger partial charge on any atom is -0.378 e. The van der Waals surface area contributed by atoms with E-state index in [0.717, 1.165) is 53.3 Å². The van der Waals surface area contributed by atoms with Gasteiger partial charge >= 0.3 is 0 Å². The first-order valence-corrected chi connectivity index (χ1v) is 19.8. The molecule has 0 radical (unpaired) electrons. The first-order valence-electron chi connectivity index (χ1n) is 17.9. The number of amides is 1. The fraction of sp³-hybridized carbons (Fsp3) is 0.568. The van der Waals surface area contributed by atoms with Gasteiger partial charge in [0.25, 0.3) is 0 Å². The van der Waals surface area contributed by atoms with E-state index in [0.29, 0.717) is 50.1 Å². The third kappa shape index (κ3) is 6.31. The van der Waals surface area contributed by atoms with E-state index in [-0.39, 0.29) is 41.6 Å². The number of benzene rings is 1. The summed E-state index contributed by atoms with van der Waals surface area (Å²) in [5, 5.41) is 5.10. The molecule has 6 atom stereocenters. The Hall–Kier alpha value is -3.84. The fourth-order valence-electron chi connectivity index (χ4n) is 8.93. The Bertz CT molecular complexity index is 1890. The highest BCUT2D eigenvalue weighted by Gasteiger charge is 2.49. The SMILES string of the molecule is C=CC(=O)N1CCC[C@@H]1c1cc(N2C[C@H]3[C@H]2CCC[C@@H]3S(C)(=O)=O)c2cnc(Nc3ccnc(N4CC[C@@H](OC)[C@@H](F)C4)n3)cc2c1C(C)C. The van der Waals surface area contributed by atoms with Gasteiger partial charge in [-0.25, -0.2) is 22.8 Å². The van der Waals surface area contributed by atoms with Crippen molar-refractivity contribution in [3.8, 4) is 0 Å². The van der Waals surface area contributed by atoms with Crippen molar-refractivity contribution in [2.75, 3.05) is 54.7 Å². The van der Waals surface area contributed by atoms with Crippen molar-refractivity contribution >= 4 is 49.8 Å². The van der Waals surface area contributed by atoms with Crippen molar-refractivity contribution in [2.24, 2.45) is 5.92 Å². The molecule has 268 valence electrons. The Balaban J connectivity index is 1.29. The zero-order valence-electron chi connectivity index (χ0n) is 29.4. The number of halogens is 1.